The molecule has 2 aromatic rings. The van der Waals surface area contributed by atoms with Crippen LogP contribution in [-0.4, -0.2) is 40.4 Å². The van der Waals surface area contributed by atoms with Crippen molar-refractivity contribution in [2.24, 2.45) is 5.10 Å². The smallest absolute Gasteiger partial charge is 0.417 e. The third-order valence-electron chi connectivity index (χ3n) is 3.71. The van der Waals surface area contributed by atoms with E-state index in [1.54, 1.807) is 0 Å². The summed E-state index contributed by atoms with van der Waals surface area (Å²) in [6.07, 6.45) is -2.81. The monoisotopic (exact) mass is 429 g/mol. The molecule has 0 aliphatic rings. The van der Waals surface area contributed by atoms with Gasteiger partial charge in [0.25, 0.3) is 5.91 Å². The van der Waals surface area contributed by atoms with E-state index < -0.39 is 34.2 Å². The first kappa shape index (κ1) is 22.2. The van der Waals surface area contributed by atoms with Gasteiger partial charge in [0.15, 0.2) is 0 Å². The maximum absolute atomic E-state index is 12.9. The lowest BCUT2D eigenvalue weighted by atomic mass is 10.1. The summed E-state index contributed by atoms with van der Waals surface area (Å²) in [4.78, 5) is 12.1. The first-order chi connectivity index (χ1) is 13.5. The summed E-state index contributed by atoms with van der Waals surface area (Å²) in [6.45, 7) is -0.608. The molecule has 0 radical (unpaired) electrons. The van der Waals surface area contributed by atoms with E-state index in [1.807, 2.05) is 5.43 Å². The Kier molecular flexibility index (Phi) is 6.85. The van der Waals surface area contributed by atoms with Crippen LogP contribution >= 0.6 is 0 Å². The highest BCUT2D eigenvalue weighted by Gasteiger charge is 2.32. The van der Waals surface area contributed by atoms with Crippen LogP contribution in [0, 0.1) is 0 Å². The van der Waals surface area contributed by atoms with E-state index in [-0.39, 0.29) is 11.3 Å². The van der Waals surface area contributed by atoms with E-state index in [0.717, 1.165) is 22.8 Å². The summed E-state index contributed by atoms with van der Waals surface area (Å²) in [5.41, 5.74) is 1.11. The number of nitrogens with zero attached hydrogens (tertiary/aromatic N) is 2. The molecule has 2 rings (SSSR count). The Labute approximate surface area is 165 Å². The summed E-state index contributed by atoms with van der Waals surface area (Å²) in [6, 6.07) is 10.7. The number of hydrogen-bond donors (Lipinski definition) is 1. The zero-order valence-electron chi connectivity index (χ0n) is 15.5. The lowest BCUT2D eigenvalue weighted by Crippen LogP contribution is -2.39. The van der Waals surface area contributed by atoms with Crippen LogP contribution in [0.4, 0.5) is 18.9 Å². The second-order valence-corrected chi connectivity index (χ2v) is 7.75. The average Bonchev–Trinajstić information content (AvgIpc) is 2.65. The van der Waals surface area contributed by atoms with E-state index in [0.29, 0.717) is 5.75 Å². The Hall–Kier alpha value is -3.08. The summed E-state index contributed by atoms with van der Waals surface area (Å²) in [5, 5.41) is 3.51. The van der Waals surface area contributed by atoms with Gasteiger partial charge in [0, 0.05) is 5.56 Å². The van der Waals surface area contributed by atoms with Gasteiger partial charge in [-0.05, 0) is 30.3 Å². The second kappa shape index (κ2) is 8.95. The third kappa shape index (κ3) is 6.21. The van der Waals surface area contributed by atoms with Crippen LogP contribution in [0.15, 0.2) is 53.6 Å². The van der Waals surface area contributed by atoms with Crippen LogP contribution in [0.25, 0.3) is 0 Å². The standard InChI is InChI=1S/C18H18F3N3O4S/c1-28-15-9-7-14(8-10-15)24(29(2,26)27)12-17(25)23-22-11-13-5-3-4-6-16(13)18(19,20)21/h3-11H,12H2,1-2H3,(H,23,25)/b22-11-. The molecular formula is C18H18F3N3O4S. The number of hydrogen-bond acceptors (Lipinski definition) is 5. The third-order valence-corrected chi connectivity index (χ3v) is 4.85. The molecule has 0 aromatic heterocycles. The summed E-state index contributed by atoms with van der Waals surface area (Å²) in [7, 11) is -2.35. The molecule has 0 bridgehead atoms. The van der Waals surface area contributed by atoms with E-state index >= 15 is 0 Å². The molecule has 0 saturated carbocycles. The number of ether oxygens (including phenoxy) is 1. The van der Waals surface area contributed by atoms with Crippen LogP contribution in [0.3, 0.4) is 0 Å². The van der Waals surface area contributed by atoms with E-state index in [1.165, 1.54) is 49.6 Å². The highest BCUT2D eigenvalue weighted by molar-refractivity contribution is 7.92. The highest BCUT2D eigenvalue weighted by atomic mass is 32.2. The predicted octanol–water partition coefficient (Wildman–Crippen LogP) is 2.63. The van der Waals surface area contributed by atoms with Crippen LogP contribution in [0.1, 0.15) is 11.1 Å². The number of benzene rings is 2. The van der Waals surface area contributed by atoms with Crippen molar-refractivity contribution in [2.75, 3.05) is 24.2 Å². The number of nitrogens with one attached hydrogen (secondary N) is 1. The van der Waals surface area contributed by atoms with Crippen molar-refractivity contribution in [3.63, 3.8) is 0 Å². The van der Waals surface area contributed by atoms with E-state index in [2.05, 4.69) is 5.10 Å². The minimum absolute atomic E-state index is 0.217. The van der Waals surface area contributed by atoms with Gasteiger partial charge in [0.1, 0.15) is 12.3 Å². The molecule has 2 aromatic carbocycles. The molecule has 0 unspecified atom stereocenters. The highest BCUT2D eigenvalue weighted by Crippen LogP contribution is 2.31. The number of rotatable bonds is 7. The number of methoxy groups -OCH3 is 1. The molecule has 29 heavy (non-hydrogen) atoms. The molecule has 0 atom stereocenters. The van der Waals surface area contributed by atoms with Gasteiger partial charge >= 0.3 is 6.18 Å². The number of amides is 1. The normalized spacial score (nSPS) is 12.0. The number of sulfonamides is 1. The predicted molar refractivity (Wildman–Crippen MR) is 102 cm³/mol. The topological polar surface area (TPSA) is 88.1 Å². The lowest BCUT2D eigenvalue weighted by molar-refractivity contribution is -0.137. The number of anilines is 1. The fraction of sp³-hybridized carbons (Fsp3) is 0.222. The van der Waals surface area contributed by atoms with Crippen LogP contribution in [0.5, 0.6) is 5.75 Å². The number of carbonyl (C=O) groups is 1. The maximum atomic E-state index is 12.9. The molecule has 7 nitrogen and oxygen atoms in total. The second-order valence-electron chi connectivity index (χ2n) is 5.85. The molecule has 0 saturated heterocycles. The van der Waals surface area contributed by atoms with Crippen LogP contribution in [-0.2, 0) is 21.0 Å². The van der Waals surface area contributed by atoms with Crippen molar-refractivity contribution in [1.82, 2.24) is 5.43 Å². The van der Waals surface area contributed by atoms with Gasteiger partial charge in [-0.15, -0.1) is 0 Å². The SMILES string of the molecule is COc1ccc(N(CC(=O)N/N=C\c2ccccc2C(F)(F)F)S(C)(=O)=O)cc1. The van der Waals surface area contributed by atoms with Crippen LogP contribution < -0.4 is 14.5 Å². The maximum Gasteiger partial charge on any atom is 0.417 e. The van der Waals surface area contributed by atoms with Gasteiger partial charge in [0.05, 0.1) is 30.8 Å². The van der Waals surface area contributed by atoms with Gasteiger partial charge < -0.3 is 4.74 Å². The largest absolute Gasteiger partial charge is 0.497 e. The van der Waals surface area contributed by atoms with E-state index in [9.17, 15) is 26.4 Å². The molecule has 0 heterocycles. The van der Waals surface area contributed by atoms with Crippen molar-refractivity contribution in [3.05, 3.63) is 59.7 Å². The van der Waals surface area contributed by atoms with Crippen molar-refractivity contribution < 1.29 is 31.1 Å². The Bertz CT molecular complexity index is 990. The molecular weight excluding hydrogens is 411 g/mol. The Morgan fingerprint density at radius 3 is 2.34 bits per heavy atom. The molecule has 0 aliphatic heterocycles. The molecule has 1 amide bonds. The average molecular weight is 429 g/mol. The van der Waals surface area contributed by atoms with Crippen molar-refractivity contribution >= 4 is 27.8 Å². The van der Waals surface area contributed by atoms with Gasteiger partial charge in [-0.3, -0.25) is 9.10 Å². The van der Waals surface area contributed by atoms with Crippen molar-refractivity contribution in [3.8, 4) is 5.75 Å². The number of hydrazone groups is 1. The quantitative estimate of drug-likeness (QED) is 0.541. The molecule has 0 spiro atoms. The zero-order chi connectivity index (χ0) is 21.7. The summed E-state index contributed by atoms with van der Waals surface area (Å²) < 4.78 is 68.7. The molecule has 11 heteroatoms. The molecule has 156 valence electrons. The number of halogens is 3. The Balaban J connectivity index is 2.12. The fourth-order valence-electron chi connectivity index (χ4n) is 2.36. The minimum atomic E-state index is -4.58. The summed E-state index contributed by atoms with van der Waals surface area (Å²) >= 11 is 0. The molecule has 1 N–H and O–H groups in total. The Morgan fingerprint density at radius 1 is 1.17 bits per heavy atom. The number of carbonyl (C=O) groups excluding carboxylic acids is 1. The summed E-state index contributed by atoms with van der Waals surface area (Å²) in [5.74, 6) is -0.327. The van der Waals surface area contributed by atoms with Crippen molar-refractivity contribution in [2.45, 2.75) is 6.18 Å². The van der Waals surface area contributed by atoms with Crippen LogP contribution in [0.2, 0.25) is 0 Å². The molecule has 0 aliphatic carbocycles. The Morgan fingerprint density at radius 2 is 1.79 bits per heavy atom. The van der Waals surface area contributed by atoms with Crippen molar-refractivity contribution in [1.29, 1.82) is 0 Å². The number of alkyl halides is 3. The minimum Gasteiger partial charge on any atom is -0.497 e. The van der Waals surface area contributed by atoms with Gasteiger partial charge in [-0.25, -0.2) is 13.8 Å². The first-order valence-electron chi connectivity index (χ1n) is 8.12. The fourth-order valence-corrected chi connectivity index (χ4v) is 3.21. The lowest BCUT2D eigenvalue weighted by Gasteiger charge is -2.21. The van der Waals surface area contributed by atoms with E-state index in [4.69, 9.17) is 4.74 Å². The van der Waals surface area contributed by atoms with Gasteiger partial charge in [0.2, 0.25) is 10.0 Å². The van der Waals surface area contributed by atoms with Gasteiger partial charge in [-0.2, -0.15) is 18.3 Å². The molecule has 0 fully saturated rings. The van der Waals surface area contributed by atoms with Gasteiger partial charge in [-0.1, -0.05) is 18.2 Å². The first-order valence-corrected chi connectivity index (χ1v) is 9.97. The zero-order valence-corrected chi connectivity index (χ0v) is 16.3.